The Kier molecular flexibility index (Phi) is 5.70. The SMILES string of the molecule is CCCNc1cncc(C(=O)NCCc2ccccc2)n1. The summed E-state index contributed by atoms with van der Waals surface area (Å²) in [5.41, 5.74) is 1.53. The Balaban J connectivity index is 1.85. The molecule has 0 fully saturated rings. The molecule has 0 aliphatic rings. The highest BCUT2D eigenvalue weighted by Crippen LogP contribution is 2.03. The van der Waals surface area contributed by atoms with Crippen LogP contribution in [0, 0.1) is 0 Å². The largest absolute Gasteiger partial charge is 0.369 e. The number of benzene rings is 1. The quantitative estimate of drug-likeness (QED) is 0.818. The molecule has 0 bridgehead atoms. The molecule has 110 valence electrons. The Labute approximate surface area is 124 Å². The first kappa shape index (κ1) is 15.0. The van der Waals surface area contributed by atoms with Crippen molar-refractivity contribution in [2.75, 3.05) is 18.4 Å². The van der Waals surface area contributed by atoms with Gasteiger partial charge in [0.2, 0.25) is 0 Å². The summed E-state index contributed by atoms with van der Waals surface area (Å²) >= 11 is 0. The van der Waals surface area contributed by atoms with Gasteiger partial charge >= 0.3 is 0 Å². The summed E-state index contributed by atoms with van der Waals surface area (Å²) in [6, 6.07) is 10.0. The summed E-state index contributed by atoms with van der Waals surface area (Å²) in [6.45, 7) is 3.46. The zero-order valence-electron chi connectivity index (χ0n) is 12.2. The lowest BCUT2D eigenvalue weighted by atomic mass is 10.1. The fraction of sp³-hybridized carbons (Fsp3) is 0.312. The Morgan fingerprint density at radius 2 is 1.95 bits per heavy atom. The van der Waals surface area contributed by atoms with Crippen LogP contribution in [0.5, 0.6) is 0 Å². The molecule has 0 radical (unpaired) electrons. The smallest absolute Gasteiger partial charge is 0.271 e. The highest BCUT2D eigenvalue weighted by Gasteiger charge is 2.08. The number of nitrogens with one attached hydrogen (secondary N) is 2. The molecule has 5 nitrogen and oxygen atoms in total. The molecular formula is C16H20N4O. The lowest BCUT2D eigenvalue weighted by Crippen LogP contribution is -2.27. The van der Waals surface area contributed by atoms with Crippen molar-refractivity contribution >= 4 is 11.7 Å². The summed E-state index contributed by atoms with van der Waals surface area (Å²) < 4.78 is 0. The van der Waals surface area contributed by atoms with Crippen LogP contribution in [0.4, 0.5) is 5.82 Å². The van der Waals surface area contributed by atoms with Crippen molar-refractivity contribution < 1.29 is 4.79 Å². The Morgan fingerprint density at radius 1 is 1.14 bits per heavy atom. The summed E-state index contributed by atoms with van der Waals surface area (Å²) in [5.74, 6) is 0.436. The monoisotopic (exact) mass is 284 g/mol. The van der Waals surface area contributed by atoms with E-state index >= 15 is 0 Å². The number of hydrogen-bond donors (Lipinski definition) is 2. The zero-order valence-corrected chi connectivity index (χ0v) is 12.2. The molecule has 0 saturated carbocycles. The molecule has 0 atom stereocenters. The second-order valence-corrected chi connectivity index (χ2v) is 4.71. The van der Waals surface area contributed by atoms with Gasteiger partial charge in [-0.1, -0.05) is 37.3 Å². The molecule has 1 aromatic heterocycles. The van der Waals surface area contributed by atoms with Crippen molar-refractivity contribution in [3.63, 3.8) is 0 Å². The second kappa shape index (κ2) is 7.99. The van der Waals surface area contributed by atoms with Crippen molar-refractivity contribution in [2.24, 2.45) is 0 Å². The number of amides is 1. The van der Waals surface area contributed by atoms with E-state index in [4.69, 9.17) is 0 Å². The van der Waals surface area contributed by atoms with Crippen molar-refractivity contribution in [1.29, 1.82) is 0 Å². The summed E-state index contributed by atoms with van der Waals surface area (Å²) in [4.78, 5) is 20.3. The fourth-order valence-corrected chi connectivity index (χ4v) is 1.87. The lowest BCUT2D eigenvalue weighted by Gasteiger charge is -2.07. The minimum Gasteiger partial charge on any atom is -0.369 e. The Hall–Kier alpha value is -2.43. The summed E-state index contributed by atoms with van der Waals surface area (Å²) in [7, 11) is 0. The molecule has 0 spiro atoms. The van der Waals surface area contributed by atoms with E-state index in [-0.39, 0.29) is 5.91 Å². The predicted octanol–water partition coefficient (Wildman–Crippen LogP) is 2.27. The van der Waals surface area contributed by atoms with Gasteiger partial charge in [0.15, 0.2) is 0 Å². The van der Waals surface area contributed by atoms with Crippen molar-refractivity contribution in [3.8, 4) is 0 Å². The normalized spacial score (nSPS) is 10.1. The molecule has 2 aromatic rings. The van der Waals surface area contributed by atoms with E-state index in [0.717, 1.165) is 19.4 Å². The van der Waals surface area contributed by atoms with Gasteiger partial charge in [0.05, 0.1) is 12.4 Å². The molecule has 2 rings (SSSR count). The van der Waals surface area contributed by atoms with E-state index in [1.807, 2.05) is 30.3 Å². The van der Waals surface area contributed by atoms with Gasteiger partial charge in [0.1, 0.15) is 11.5 Å². The molecule has 1 amide bonds. The average Bonchev–Trinajstić information content (AvgIpc) is 2.54. The minimum absolute atomic E-state index is 0.196. The maximum Gasteiger partial charge on any atom is 0.271 e. The van der Waals surface area contributed by atoms with Crippen LogP contribution >= 0.6 is 0 Å². The van der Waals surface area contributed by atoms with Crippen LogP contribution in [-0.2, 0) is 6.42 Å². The van der Waals surface area contributed by atoms with Gasteiger partial charge in [-0.25, -0.2) is 4.98 Å². The van der Waals surface area contributed by atoms with Crippen LogP contribution in [0.1, 0.15) is 29.4 Å². The number of carbonyl (C=O) groups is 1. The number of carbonyl (C=O) groups excluding carboxylic acids is 1. The molecule has 0 aliphatic heterocycles. The first-order valence-corrected chi connectivity index (χ1v) is 7.17. The van der Waals surface area contributed by atoms with Gasteiger partial charge in [0.25, 0.3) is 5.91 Å². The molecular weight excluding hydrogens is 264 g/mol. The van der Waals surface area contributed by atoms with Gasteiger partial charge in [-0.05, 0) is 18.4 Å². The van der Waals surface area contributed by atoms with E-state index in [1.54, 1.807) is 6.20 Å². The van der Waals surface area contributed by atoms with E-state index < -0.39 is 0 Å². The predicted molar refractivity (Wildman–Crippen MR) is 83.3 cm³/mol. The number of nitrogens with zero attached hydrogens (tertiary/aromatic N) is 2. The molecule has 5 heteroatoms. The van der Waals surface area contributed by atoms with Crippen molar-refractivity contribution in [1.82, 2.24) is 15.3 Å². The Morgan fingerprint density at radius 3 is 2.71 bits per heavy atom. The topological polar surface area (TPSA) is 66.9 Å². The van der Waals surface area contributed by atoms with Crippen LogP contribution in [-0.4, -0.2) is 29.0 Å². The van der Waals surface area contributed by atoms with E-state index in [1.165, 1.54) is 11.8 Å². The Bertz CT molecular complexity index is 571. The third-order valence-electron chi connectivity index (χ3n) is 2.97. The third-order valence-corrected chi connectivity index (χ3v) is 2.97. The van der Waals surface area contributed by atoms with Gasteiger partial charge in [0, 0.05) is 13.1 Å². The number of rotatable bonds is 7. The third kappa shape index (κ3) is 4.87. The van der Waals surface area contributed by atoms with Crippen molar-refractivity contribution in [3.05, 3.63) is 54.0 Å². The highest BCUT2D eigenvalue weighted by atomic mass is 16.1. The van der Waals surface area contributed by atoms with Gasteiger partial charge in [-0.2, -0.15) is 0 Å². The average molecular weight is 284 g/mol. The van der Waals surface area contributed by atoms with E-state index in [2.05, 4.69) is 27.5 Å². The maximum atomic E-state index is 12.0. The molecule has 0 saturated heterocycles. The molecule has 0 aliphatic carbocycles. The standard InChI is InChI=1S/C16H20N4O/c1-2-9-18-15-12-17-11-14(20-15)16(21)19-10-8-13-6-4-3-5-7-13/h3-7,11-12H,2,8-10H2,1H3,(H,18,20)(H,19,21). The first-order valence-electron chi connectivity index (χ1n) is 7.17. The van der Waals surface area contributed by atoms with Crippen LogP contribution < -0.4 is 10.6 Å². The van der Waals surface area contributed by atoms with Crippen LogP contribution in [0.25, 0.3) is 0 Å². The first-order chi connectivity index (χ1) is 10.3. The highest BCUT2D eigenvalue weighted by molar-refractivity contribution is 5.92. The maximum absolute atomic E-state index is 12.0. The molecule has 0 unspecified atom stereocenters. The molecule has 2 N–H and O–H groups in total. The zero-order chi connectivity index (χ0) is 14.9. The van der Waals surface area contributed by atoms with Crippen LogP contribution in [0.3, 0.4) is 0 Å². The fourth-order valence-electron chi connectivity index (χ4n) is 1.87. The van der Waals surface area contributed by atoms with Crippen LogP contribution in [0.15, 0.2) is 42.7 Å². The van der Waals surface area contributed by atoms with Gasteiger partial charge < -0.3 is 10.6 Å². The number of anilines is 1. The second-order valence-electron chi connectivity index (χ2n) is 4.71. The number of aromatic nitrogens is 2. The molecule has 21 heavy (non-hydrogen) atoms. The van der Waals surface area contributed by atoms with Crippen LogP contribution in [0.2, 0.25) is 0 Å². The number of hydrogen-bond acceptors (Lipinski definition) is 4. The van der Waals surface area contributed by atoms with Gasteiger partial charge in [-0.15, -0.1) is 0 Å². The summed E-state index contributed by atoms with van der Waals surface area (Å²) in [5, 5.41) is 5.98. The van der Waals surface area contributed by atoms with E-state index in [0.29, 0.717) is 18.1 Å². The van der Waals surface area contributed by atoms with Gasteiger partial charge in [-0.3, -0.25) is 9.78 Å². The van der Waals surface area contributed by atoms with Crippen molar-refractivity contribution in [2.45, 2.75) is 19.8 Å². The molecule has 1 aromatic carbocycles. The molecule has 1 heterocycles. The van der Waals surface area contributed by atoms with E-state index in [9.17, 15) is 4.79 Å². The summed E-state index contributed by atoms with van der Waals surface area (Å²) in [6.07, 6.45) is 4.90. The minimum atomic E-state index is -0.196. The lowest BCUT2D eigenvalue weighted by molar-refractivity contribution is 0.0949.